The summed E-state index contributed by atoms with van der Waals surface area (Å²) in [5, 5.41) is 9.90. The highest BCUT2D eigenvalue weighted by Crippen LogP contribution is 2.31. The molecule has 0 aromatic heterocycles. The number of ether oxygens (including phenoxy) is 1. The molecule has 1 aliphatic carbocycles. The molecule has 2 heteroatoms. The zero-order chi connectivity index (χ0) is 30.9. The average Bonchev–Trinajstić information content (AvgIpc) is 3.27. The second-order valence-corrected chi connectivity index (χ2v) is 10.6. The van der Waals surface area contributed by atoms with E-state index in [0.29, 0.717) is 5.76 Å². The number of hydrogen-bond acceptors (Lipinski definition) is 2. The fourth-order valence-corrected chi connectivity index (χ4v) is 5.56. The van der Waals surface area contributed by atoms with Gasteiger partial charge in [0.1, 0.15) is 5.76 Å². The van der Waals surface area contributed by atoms with Crippen molar-refractivity contribution in [2.45, 2.75) is 20.3 Å². The molecule has 0 unspecified atom stereocenters. The van der Waals surface area contributed by atoms with E-state index in [1.54, 1.807) is 0 Å². The lowest BCUT2D eigenvalue weighted by molar-refractivity contribution is 0.434. The minimum Gasteiger partial charge on any atom is -0.451 e. The minimum absolute atomic E-state index is 0.624. The lowest BCUT2D eigenvalue weighted by Crippen LogP contribution is -2.25. The molecule has 216 valence electrons. The molecule has 0 heterocycles. The normalized spacial score (nSPS) is 13.2. The molecule has 0 fully saturated rings. The first-order chi connectivity index (χ1) is 21.5. The molecule has 0 saturated carbocycles. The summed E-state index contributed by atoms with van der Waals surface area (Å²) >= 11 is 0. The van der Waals surface area contributed by atoms with Crippen LogP contribution in [0.4, 0.5) is 0 Å². The van der Waals surface area contributed by atoms with Crippen molar-refractivity contribution in [3.63, 3.8) is 0 Å². The van der Waals surface area contributed by atoms with E-state index < -0.39 is 0 Å². The SMILES string of the molecule is C=Cc1c(/C=C\C)cccc1-c1ccc(C(/C=C(\C)OC=N)=C/C(=C)c2ccc(C3=c4ccccc4=CCC=C3)cc2)cc1. The van der Waals surface area contributed by atoms with E-state index in [9.17, 15) is 0 Å². The zero-order valence-electron chi connectivity index (χ0n) is 25.4. The summed E-state index contributed by atoms with van der Waals surface area (Å²) in [5.41, 5.74) is 10.8. The Morgan fingerprint density at radius 2 is 1.57 bits per heavy atom. The number of hydrogen-bond donors (Lipinski definition) is 1. The van der Waals surface area contributed by atoms with Crippen LogP contribution in [0.15, 0.2) is 140 Å². The van der Waals surface area contributed by atoms with E-state index >= 15 is 0 Å². The van der Waals surface area contributed by atoms with Crippen molar-refractivity contribution in [3.8, 4) is 11.1 Å². The topological polar surface area (TPSA) is 33.1 Å². The smallest absolute Gasteiger partial charge is 0.173 e. The predicted molar refractivity (Wildman–Crippen MR) is 190 cm³/mol. The summed E-state index contributed by atoms with van der Waals surface area (Å²) < 4.78 is 5.37. The van der Waals surface area contributed by atoms with Crippen LogP contribution in [-0.4, -0.2) is 6.40 Å². The second kappa shape index (κ2) is 14.1. The Morgan fingerprint density at radius 3 is 2.30 bits per heavy atom. The maximum Gasteiger partial charge on any atom is 0.173 e. The summed E-state index contributed by atoms with van der Waals surface area (Å²) in [5.74, 6) is 0.624. The summed E-state index contributed by atoms with van der Waals surface area (Å²) in [6, 6.07) is 32.0. The van der Waals surface area contributed by atoms with E-state index in [2.05, 4.69) is 135 Å². The van der Waals surface area contributed by atoms with Crippen LogP contribution in [0.1, 0.15) is 48.1 Å². The molecule has 1 N–H and O–H groups in total. The van der Waals surface area contributed by atoms with E-state index in [-0.39, 0.29) is 0 Å². The van der Waals surface area contributed by atoms with Crippen molar-refractivity contribution in [2.75, 3.05) is 0 Å². The number of nitrogens with one attached hydrogen (secondary N) is 1. The third-order valence-electron chi connectivity index (χ3n) is 7.73. The molecule has 44 heavy (non-hydrogen) atoms. The molecule has 2 nitrogen and oxygen atoms in total. The molecule has 0 bridgehead atoms. The molecule has 0 spiro atoms. The molecule has 4 aromatic rings. The Morgan fingerprint density at radius 1 is 0.841 bits per heavy atom. The van der Waals surface area contributed by atoms with Crippen molar-refractivity contribution in [1.82, 2.24) is 0 Å². The standard InChI is InChI=1S/C42H37NO/c1-5-12-34-15-11-18-40(39(34)6-2)36-25-21-33(22-26-36)38(28-31(4)44-29-43)27-30(3)32-19-23-37(24-20-32)42-17-10-8-14-35-13-7-9-16-41(35)42/h5-7,9-29,43H,2-3,8H2,1,4H3/b12-5-,31-28+,38-27+,43-29?. The highest BCUT2D eigenvalue weighted by molar-refractivity contribution is 5.88. The van der Waals surface area contributed by atoms with Gasteiger partial charge in [-0.15, -0.1) is 0 Å². The van der Waals surface area contributed by atoms with E-state index in [1.165, 1.54) is 21.6 Å². The van der Waals surface area contributed by atoms with Gasteiger partial charge in [-0.3, -0.25) is 5.41 Å². The first kappa shape index (κ1) is 30.0. The lowest BCUT2D eigenvalue weighted by Gasteiger charge is -2.12. The Labute approximate surface area is 260 Å². The van der Waals surface area contributed by atoms with Crippen LogP contribution < -0.4 is 10.4 Å². The molecule has 1 aliphatic rings. The van der Waals surface area contributed by atoms with Gasteiger partial charge in [-0.1, -0.05) is 141 Å². The number of allylic oxidation sites excluding steroid dienone is 8. The lowest BCUT2D eigenvalue weighted by atomic mass is 9.92. The van der Waals surface area contributed by atoms with Crippen LogP contribution in [0.25, 0.3) is 46.1 Å². The van der Waals surface area contributed by atoms with Gasteiger partial charge in [-0.2, -0.15) is 0 Å². The first-order valence-corrected chi connectivity index (χ1v) is 14.8. The number of fused-ring (bicyclic) bond motifs is 1. The van der Waals surface area contributed by atoms with Gasteiger partial charge < -0.3 is 4.74 Å². The van der Waals surface area contributed by atoms with Crippen molar-refractivity contribution >= 4 is 41.3 Å². The number of benzene rings is 4. The van der Waals surface area contributed by atoms with Crippen LogP contribution in [-0.2, 0) is 4.74 Å². The first-order valence-electron chi connectivity index (χ1n) is 14.8. The number of rotatable bonds is 10. The molecule has 4 aromatic carbocycles. The molecule has 0 saturated heterocycles. The van der Waals surface area contributed by atoms with Crippen LogP contribution in [0.3, 0.4) is 0 Å². The summed E-state index contributed by atoms with van der Waals surface area (Å²) in [6.45, 7) is 12.4. The van der Waals surface area contributed by atoms with Gasteiger partial charge in [0.2, 0.25) is 0 Å². The third-order valence-corrected chi connectivity index (χ3v) is 7.73. The molecular weight excluding hydrogens is 534 g/mol. The molecular formula is C42H37NO. The van der Waals surface area contributed by atoms with Gasteiger partial charge >= 0.3 is 0 Å². The fourth-order valence-electron chi connectivity index (χ4n) is 5.56. The van der Waals surface area contributed by atoms with Crippen LogP contribution in [0, 0.1) is 5.41 Å². The fraction of sp³-hybridized carbons (Fsp3) is 0.0714. The predicted octanol–water partition coefficient (Wildman–Crippen LogP) is 9.59. The Balaban J connectivity index is 1.49. The Kier molecular flexibility index (Phi) is 9.64. The minimum atomic E-state index is 0.624. The van der Waals surface area contributed by atoms with Gasteiger partial charge in [0.25, 0.3) is 0 Å². The molecule has 5 rings (SSSR count). The summed E-state index contributed by atoms with van der Waals surface area (Å²) in [7, 11) is 0. The zero-order valence-corrected chi connectivity index (χ0v) is 25.4. The van der Waals surface area contributed by atoms with Crippen LogP contribution >= 0.6 is 0 Å². The van der Waals surface area contributed by atoms with Gasteiger partial charge in [-0.25, -0.2) is 0 Å². The highest BCUT2D eigenvalue weighted by Gasteiger charge is 2.09. The third kappa shape index (κ3) is 6.77. The van der Waals surface area contributed by atoms with E-state index in [1.807, 2.05) is 32.1 Å². The van der Waals surface area contributed by atoms with Crippen molar-refractivity contribution in [2.24, 2.45) is 0 Å². The molecule has 0 radical (unpaired) electrons. The largest absolute Gasteiger partial charge is 0.451 e. The summed E-state index contributed by atoms with van der Waals surface area (Å²) in [4.78, 5) is 0. The molecule has 0 aliphatic heterocycles. The highest BCUT2D eigenvalue weighted by atomic mass is 16.5. The van der Waals surface area contributed by atoms with Crippen molar-refractivity contribution < 1.29 is 4.74 Å². The second-order valence-electron chi connectivity index (χ2n) is 10.6. The van der Waals surface area contributed by atoms with E-state index in [4.69, 9.17) is 10.1 Å². The Bertz CT molecular complexity index is 1950. The van der Waals surface area contributed by atoms with Gasteiger partial charge in [0, 0.05) is 0 Å². The molecule has 0 atom stereocenters. The monoisotopic (exact) mass is 571 g/mol. The van der Waals surface area contributed by atoms with Crippen LogP contribution in [0.5, 0.6) is 0 Å². The van der Waals surface area contributed by atoms with Gasteiger partial charge in [0.15, 0.2) is 6.40 Å². The molecule has 0 amide bonds. The Hall–Kier alpha value is -5.47. The van der Waals surface area contributed by atoms with Crippen molar-refractivity contribution in [1.29, 1.82) is 5.41 Å². The van der Waals surface area contributed by atoms with E-state index in [0.717, 1.165) is 57.3 Å². The maximum atomic E-state index is 7.38. The van der Waals surface area contributed by atoms with Crippen molar-refractivity contribution in [3.05, 3.63) is 179 Å². The maximum absolute atomic E-state index is 7.38. The van der Waals surface area contributed by atoms with Gasteiger partial charge in [-0.05, 0) is 98.5 Å². The van der Waals surface area contributed by atoms with Crippen LogP contribution in [0.2, 0.25) is 0 Å². The quantitative estimate of drug-likeness (QED) is 0.0874. The summed E-state index contributed by atoms with van der Waals surface area (Å²) in [6.07, 6.45) is 18.7. The van der Waals surface area contributed by atoms with Gasteiger partial charge in [0.05, 0.1) is 0 Å². The average molecular weight is 572 g/mol.